The van der Waals surface area contributed by atoms with Crippen LogP contribution in [0.1, 0.15) is 93.3 Å². The molecular formula is C31H42N2O6. The number of aliphatic hydroxyl groups excluding tert-OH is 1. The van der Waals surface area contributed by atoms with Crippen LogP contribution in [-0.2, 0) is 25.7 Å². The first-order valence-electron chi connectivity index (χ1n) is 14.3. The number of anilines is 1. The lowest BCUT2D eigenvalue weighted by molar-refractivity contribution is -0.253. The smallest absolute Gasteiger partial charge is 0.303 e. The van der Waals surface area contributed by atoms with E-state index >= 15 is 0 Å². The van der Waals surface area contributed by atoms with Crippen molar-refractivity contribution in [3.05, 3.63) is 65.2 Å². The molecule has 2 aliphatic rings. The zero-order valence-electron chi connectivity index (χ0n) is 22.7. The van der Waals surface area contributed by atoms with Gasteiger partial charge in [0.1, 0.15) is 0 Å². The summed E-state index contributed by atoms with van der Waals surface area (Å²) < 4.78 is 13.0. The van der Waals surface area contributed by atoms with E-state index in [1.165, 1.54) is 19.3 Å². The Morgan fingerprint density at radius 3 is 2.36 bits per heavy atom. The van der Waals surface area contributed by atoms with Crippen molar-refractivity contribution >= 4 is 17.6 Å². The van der Waals surface area contributed by atoms with Crippen molar-refractivity contribution < 1.29 is 29.3 Å². The molecule has 0 spiro atoms. The van der Waals surface area contributed by atoms with Crippen molar-refractivity contribution in [2.75, 3.05) is 25.0 Å². The third-order valence-electron chi connectivity index (χ3n) is 7.51. The van der Waals surface area contributed by atoms with Gasteiger partial charge in [-0.15, -0.1) is 0 Å². The number of nitrogens with one attached hydrogen (secondary N) is 1. The number of hydrogen-bond acceptors (Lipinski definition) is 6. The van der Waals surface area contributed by atoms with E-state index in [1.807, 2.05) is 48.5 Å². The Kier molecular flexibility index (Phi) is 11.3. The van der Waals surface area contributed by atoms with Crippen molar-refractivity contribution in [2.45, 2.75) is 89.3 Å². The van der Waals surface area contributed by atoms with E-state index in [9.17, 15) is 14.7 Å². The largest absolute Gasteiger partial charge is 0.481 e. The van der Waals surface area contributed by atoms with Crippen LogP contribution in [0.4, 0.5) is 5.69 Å². The average Bonchev–Trinajstić information content (AvgIpc) is 2.95. The molecule has 8 heteroatoms. The molecule has 2 heterocycles. The van der Waals surface area contributed by atoms with Gasteiger partial charge in [-0.3, -0.25) is 9.59 Å². The summed E-state index contributed by atoms with van der Waals surface area (Å²) in [7, 11) is 0. The summed E-state index contributed by atoms with van der Waals surface area (Å²) in [6.07, 6.45) is 7.43. The normalized spacial score (nSPS) is 21.9. The lowest BCUT2D eigenvalue weighted by atomic mass is 9.99. The van der Waals surface area contributed by atoms with Crippen LogP contribution >= 0.6 is 0 Å². The molecule has 2 aromatic rings. The molecule has 2 fully saturated rings. The zero-order chi connectivity index (χ0) is 27.5. The highest BCUT2D eigenvalue weighted by Crippen LogP contribution is 2.38. The highest BCUT2D eigenvalue weighted by molar-refractivity contribution is 5.90. The molecule has 3 atom stereocenters. The number of rotatable bonds is 13. The van der Waals surface area contributed by atoms with Gasteiger partial charge >= 0.3 is 5.97 Å². The summed E-state index contributed by atoms with van der Waals surface area (Å²) >= 11 is 0. The second-order valence-electron chi connectivity index (χ2n) is 10.7. The molecule has 3 N–H and O–H groups in total. The lowest BCUT2D eigenvalue weighted by Crippen LogP contribution is -2.41. The average molecular weight is 539 g/mol. The third-order valence-corrected chi connectivity index (χ3v) is 7.51. The Hall–Kier alpha value is -2.78. The molecule has 0 aromatic heterocycles. The monoisotopic (exact) mass is 538 g/mol. The fourth-order valence-electron chi connectivity index (χ4n) is 5.36. The minimum atomic E-state index is -0.776. The topological polar surface area (TPSA) is 108 Å². The highest BCUT2D eigenvalue weighted by atomic mass is 16.7. The molecular weight excluding hydrogens is 496 g/mol. The number of piperidine rings is 1. The summed E-state index contributed by atoms with van der Waals surface area (Å²) in [4.78, 5) is 25.6. The van der Waals surface area contributed by atoms with Crippen molar-refractivity contribution in [1.82, 2.24) is 4.90 Å². The number of carboxylic acids is 1. The number of carbonyl (C=O) groups is 2. The maximum Gasteiger partial charge on any atom is 0.303 e. The van der Waals surface area contributed by atoms with Gasteiger partial charge < -0.3 is 29.9 Å². The number of likely N-dealkylation sites (tertiary alicyclic amines) is 1. The molecule has 0 radical (unpaired) electrons. The van der Waals surface area contributed by atoms with Crippen molar-refractivity contribution in [1.29, 1.82) is 0 Å². The standard InChI is InChI=1S/C31H42N2O6/c34-22-23-13-15-24(16-14-23)28-20-27(21-33-17-6-3-7-18-33)38-31(39-28)25-9-8-10-26(19-25)32-29(35)11-4-1-2-5-12-30(36)37/h8-10,13-16,19,27-28,31,34H,1-7,11-12,17-18,20-22H2,(H,32,35)(H,36,37)/t27-,28+,31+/m1/s1. The second kappa shape index (κ2) is 15.1. The Labute approximate surface area is 231 Å². The van der Waals surface area contributed by atoms with Gasteiger partial charge in [-0.1, -0.05) is 55.7 Å². The molecule has 39 heavy (non-hydrogen) atoms. The van der Waals surface area contributed by atoms with Crippen LogP contribution in [0.25, 0.3) is 0 Å². The van der Waals surface area contributed by atoms with Crippen LogP contribution < -0.4 is 5.32 Å². The molecule has 0 saturated carbocycles. The van der Waals surface area contributed by atoms with Crippen LogP contribution in [0.2, 0.25) is 0 Å². The molecule has 8 nitrogen and oxygen atoms in total. The summed E-state index contributed by atoms with van der Waals surface area (Å²) in [6, 6.07) is 15.6. The van der Waals surface area contributed by atoms with Gasteiger partial charge in [-0.2, -0.15) is 0 Å². The van der Waals surface area contributed by atoms with E-state index < -0.39 is 12.3 Å². The second-order valence-corrected chi connectivity index (χ2v) is 10.7. The summed E-state index contributed by atoms with van der Waals surface area (Å²) in [5.74, 6) is -0.831. The van der Waals surface area contributed by atoms with Crippen LogP contribution in [-0.4, -0.2) is 52.7 Å². The van der Waals surface area contributed by atoms with Crippen molar-refractivity contribution in [3.8, 4) is 0 Å². The van der Waals surface area contributed by atoms with Gasteiger partial charge in [0.05, 0.1) is 18.8 Å². The van der Waals surface area contributed by atoms with Gasteiger partial charge in [-0.05, 0) is 62.0 Å². The van der Waals surface area contributed by atoms with E-state index in [-0.39, 0.29) is 31.1 Å². The van der Waals surface area contributed by atoms with Gasteiger partial charge in [0.25, 0.3) is 0 Å². The molecule has 212 valence electrons. The number of carboxylic acid groups (broad SMARTS) is 1. The van der Waals surface area contributed by atoms with E-state index in [0.717, 1.165) is 62.0 Å². The highest BCUT2D eigenvalue weighted by Gasteiger charge is 2.33. The SMILES string of the molecule is O=C(O)CCCCCCC(=O)Nc1cccc([C@H]2O[C@@H](CN3CCCCC3)C[C@@H](c3ccc(CO)cc3)O2)c1. The fraction of sp³-hybridized carbons (Fsp3) is 0.548. The van der Waals surface area contributed by atoms with Crippen LogP contribution in [0, 0.1) is 0 Å². The number of aliphatic carboxylic acids is 1. The van der Waals surface area contributed by atoms with E-state index in [0.29, 0.717) is 18.5 Å². The number of benzene rings is 2. The lowest BCUT2D eigenvalue weighted by Gasteiger charge is -2.39. The maximum atomic E-state index is 12.5. The predicted octanol–water partition coefficient (Wildman–Crippen LogP) is 5.57. The van der Waals surface area contributed by atoms with Crippen LogP contribution in [0.5, 0.6) is 0 Å². The molecule has 1 amide bonds. The zero-order valence-corrected chi connectivity index (χ0v) is 22.7. The molecule has 2 aromatic carbocycles. The first-order chi connectivity index (χ1) is 19.0. The summed E-state index contributed by atoms with van der Waals surface area (Å²) in [5, 5.41) is 21.1. The molecule has 0 aliphatic carbocycles. The van der Waals surface area contributed by atoms with Gasteiger partial charge in [0.2, 0.25) is 5.91 Å². The first kappa shape index (κ1) is 29.2. The van der Waals surface area contributed by atoms with Crippen molar-refractivity contribution in [3.63, 3.8) is 0 Å². The third kappa shape index (κ3) is 9.42. The molecule has 2 aliphatic heterocycles. The molecule has 2 saturated heterocycles. The van der Waals surface area contributed by atoms with Gasteiger partial charge in [0.15, 0.2) is 6.29 Å². The first-order valence-corrected chi connectivity index (χ1v) is 14.3. The Balaban J connectivity index is 1.38. The summed E-state index contributed by atoms with van der Waals surface area (Å²) in [6.45, 7) is 3.08. The molecule has 0 unspecified atom stereocenters. The molecule has 0 bridgehead atoms. The number of nitrogens with zero attached hydrogens (tertiary/aromatic N) is 1. The maximum absolute atomic E-state index is 12.5. The van der Waals surface area contributed by atoms with Crippen LogP contribution in [0.15, 0.2) is 48.5 Å². The number of aliphatic hydroxyl groups is 1. The van der Waals surface area contributed by atoms with Gasteiger partial charge in [-0.25, -0.2) is 0 Å². The Morgan fingerprint density at radius 1 is 0.897 bits per heavy atom. The van der Waals surface area contributed by atoms with Crippen molar-refractivity contribution in [2.24, 2.45) is 0 Å². The van der Waals surface area contributed by atoms with E-state index in [1.54, 1.807) is 0 Å². The minimum absolute atomic E-state index is 0.0123. The Morgan fingerprint density at radius 2 is 1.64 bits per heavy atom. The van der Waals surface area contributed by atoms with E-state index in [2.05, 4.69) is 10.2 Å². The van der Waals surface area contributed by atoms with Crippen LogP contribution in [0.3, 0.4) is 0 Å². The predicted molar refractivity (Wildman–Crippen MR) is 149 cm³/mol. The number of carbonyl (C=O) groups excluding carboxylic acids is 1. The molecule has 4 rings (SSSR count). The number of ether oxygens (including phenoxy) is 2. The number of hydrogen-bond donors (Lipinski definition) is 3. The van der Waals surface area contributed by atoms with E-state index in [4.69, 9.17) is 14.6 Å². The Bertz CT molecular complexity index is 1050. The minimum Gasteiger partial charge on any atom is -0.481 e. The summed E-state index contributed by atoms with van der Waals surface area (Å²) in [5.41, 5.74) is 3.51. The fourth-order valence-corrected chi connectivity index (χ4v) is 5.36. The number of unbranched alkanes of at least 4 members (excludes halogenated alkanes) is 3. The quantitative estimate of drug-likeness (QED) is 0.286. The van der Waals surface area contributed by atoms with Gasteiger partial charge in [0, 0.05) is 37.1 Å². The number of amides is 1.